The van der Waals surface area contributed by atoms with E-state index in [2.05, 4.69) is 0 Å². The maximum atomic E-state index is 11.9. The van der Waals surface area contributed by atoms with Crippen LogP contribution >= 0.6 is 0 Å². The molecule has 1 atom stereocenters. The lowest BCUT2D eigenvalue weighted by Crippen LogP contribution is -2.40. The minimum absolute atomic E-state index is 0.362. The Labute approximate surface area is 101 Å². The van der Waals surface area contributed by atoms with Crippen LogP contribution in [0.15, 0.2) is 11.6 Å². The Morgan fingerprint density at radius 2 is 2.12 bits per heavy atom. The van der Waals surface area contributed by atoms with Gasteiger partial charge in [-0.1, -0.05) is 6.08 Å². The minimum atomic E-state index is -0.554. The van der Waals surface area contributed by atoms with Crippen molar-refractivity contribution in [3.63, 3.8) is 0 Å². The topological polar surface area (TPSA) is 55.8 Å². The van der Waals surface area contributed by atoms with Crippen molar-refractivity contribution >= 4 is 12.6 Å². The molecule has 1 aliphatic heterocycles. The quantitative estimate of drug-likeness (QED) is 0.548. The lowest BCUT2D eigenvalue weighted by Gasteiger charge is -2.27. The normalized spacial score (nSPS) is 22.7. The highest BCUT2D eigenvalue weighted by Gasteiger charge is 2.35. The predicted molar refractivity (Wildman–Crippen MR) is 62.3 cm³/mol. The molecule has 1 saturated heterocycles. The molecule has 96 valence electrons. The van der Waals surface area contributed by atoms with Gasteiger partial charge in [-0.3, -0.25) is 9.69 Å². The van der Waals surface area contributed by atoms with E-state index in [0.717, 1.165) is 5.57 Å². The van der Waals surface area contributed by atoms with E-state index in [9.17, 15) is 9.59 Å². The third-order valence-electron chi connectivity index (χ3n) is 2.41. The van der Waals surface area contributed by atoms with Crippen LogP contribution in [-0.4, -0.2) is 35.8 Å². The first-order valence-electron chi connectivity index (χ1n) is 5.60. The lowest BCUT2D eigenvalue weighted by atomic mass is 10.2. The second-order valence-electron chi connectivity index (χ2n) is 4.95. The van der Waals surface area contributed by atoms with Crippen LogP contribution in [0.25, 0.3) is 0 Å². The fraction of sp³-hybridized carbons (Fsp3) is 0.667. The summed E-state index contributed by atoms with van der Waals surface area (Å²) < 4.78 is 10.1. The highest BCUT2D eigenvalue weighted by atomic mass is 16.6. The third-order valence-corrected chi connectivity index (χ3v) is 2.41. The Balaban J connectivity index is 2.73. The molecular formula is C12H19NO4. The molecule has 5 nitrogen and oxygen atoms in total. The van der Waals surface area contributed by atoms with Gasteiger partial charge in [-0.05, 0) is 33.3 Å². The molecule has 1 fully saturated rings. The van der Waals surface area contributed by atoms with Crippen molar-refractivity contribution in [1.29, 1.82) is 0 Å². The zero-order chi connectivity index (χ0) is 13.1. The number of carbonyl (C=O) groups is 2. The molecule has 1 amide bonds. The molecule has 0 spiro atoms. The van der Waals surface area contributed by atoms with Crippen molar-refractivity contribution in [2.24, 2.45) is 0 Å². The molecule has 0 N–H and O–H groups in total. The summed E-state index contributed by atoms with van der Waals surface area (Å²) in [6, 6.07) is 0. The number of ether oxygens (including phenoxy) is 2. The fourth-order valence-corrected chi connectivity index (χ4v) is 1.62. The molecule has 0 radical (unpaired) electrons. The number of nitrogens with zero attached hydrogens (tertiary/aromatic N) is 1. The maximum absolute atomic E-state index is 11.9. The number of allylic oxidation sites excluding steroid dienone is 1. The molecule has 0 saturated carbocycles. The van der Waals surface area contributed by atoms with Gasteiger partial charge in [-0.15, -0.1) is 0 Å². The van der Waals surface area contributed by atoms with Crippen LogP contribution in [0.1, 0.15) is 34.1 Å². The van der Waals surface area contributed by atoms with Gasteiger partial charge in [0.2, 0.25) is 0 Å². The van der Waals surface area contributed by atoms with Crippen molar-refractivity contribution in [2.45, 2.75) is 45.9 Å². The van der Waals surface area contributed by atoms with Gasteiger partial charge in [0.15, 0.2) is 6.23 Å². The fourth-order valence-electron chi connectivity index (χ4n) is 1.62. The Hall–Kier alpha value is -1.52. The van der Waals surface area contributed by atoms with Gasteiger partial charge in [0.1, 0.15) is 5.60 Å². The first-order chi connectivity index (χ1) is 7.87. The summed E-state index contributed by atoms with van der Waals surface area (Å²) in [6.07, 6.45) is 1.47. The van der Waals surface area contributed by atoms with Gasteiger partial charge in [-0.2, -0.15) is 0 Å². The standard InChI is InChI=1S/C12H19NO4/c1-5-9-6-10(16-8-14)13(7-9)11(15)17-12(2,3)4/h5,8,10H,6-7H2,1-4H3/t10-/m1/s1. The van der Waals surface area contributed by atoms with E-state index in [4.69, 9.17) is 9.47 Å². The zero-order valence-electron chi connectivity index (χ0n) is 10.7. The third kappa shape index (κ3) is 3.76. The average molecular weight is 241 g/mol. The monoisotopic (exact) mass is 241 g/mol. The van der Waals surface area contributed by atoms with E-state index < -0.39 is 17.9 Å². The SMILES string of the molecule is CC=C1C[C@@H](OC=O)N(C(=O)OC(C)(C)C)C1. The second-order valence-corrected chi connectivity index (χ2v) is 4.95. The van der Waals surface area contributed by atoms with Crippen molar-refractivity contribution in [3.05, 3.63) is 11.6 Å². The summed E-state index contributed by atoms with van der Waals surface area (Å²) in [5, 5.41) is 0. The molecule has 1 heterocycles. The summed E-state index contributed by atoms with van der Waals surface area (Å²) in [4.78, 5) is 23.7. The first-order valence-corrected chi connectivity index (χ1v) is 5.60. The number of amides is 1. The Morgan fingerprint density at radius 3 is 2.59 bits per heavy atom. The van der Waals surface area contributed by atoms with E-state index in [1.54, 1.807) is 20.8 Å². The smallest absolute Gasteiger partial charge is 0.413 e. The molecule has 0 aromatic rings. The number of rotatable bonds is 2. The van der Waals surface area contributed by atoms with Gasteiger partial charge in [0.25, 0.3) is 6.47 Å². The molecule has 17 heavy (non-hydrogen) atoms. The summed E-state index contributed by atoms with van der Waals surface area (Å²) in [5.74, 6) is 0. The van der Waals surface area contributed by atoms with Crippen LogP contribution in [0, 0.1) is 0 Å². The van der Waals surface area contributed by atoms with E-state index >= 15 is 0 Å². The Kier molecular flexibility index (Phi) is 4.15. The van der Waals surface area contributed by atoms with Gasteiger partial charge in [0.05, 0.1) is 0 Å². The van der Waals surface area contributed by atoms with E-state index in [0.29, 0.717) is 19.4 Å². The number of hydrogen-bond acceptors (Lipinski definition) is 4. The average Bonchev–Trinajstić information content (AvgIpc) is 2.59. The number of hydrogen-bond donors (Lipinski definition) is 0. The van der Waals surface area contributed by atoms with Crippen molar-refractivity contribution < 1.29 is 19.1 Å². The van der Waals surface area contributed by atoms with Gasteiger partial charge in [-0.25, -0.2) is 4.79 Å². The molecular weight excluding hydrogens is 222 g/mol. The van der Waals surface area contributed by atoms with Crippen LogP contribution < -0.4 is 0 Å². The largest absolute Gasteiger partial charge is 0.444 e. The highest BCUT2D eigenvalue weighted by Crippen LogP contribution is 2.25. The predicted octanol–water partition coefficient (Wildman–Crippen LogP) is 2.07. The summed E-state index contributed by atoms with van der Waals surface area (Å²) in [5.41, 5.74) is 0.504. The van der Waals surface area contributed by atoms with Gasteiger partial charge in [0, 0.05) is 13.0 Å². The molecule has 0 aliphatic carbocycles. The van der Waals surface area contributed by atoms with Crippen molar-refractivity contribution in [1.82, 2.24) is 4.90 Å². The van der Waals surface area contributed by atoms with Gasteiger partial charge >= 0.3 is 6.09 Å². The molecule has 0 aromatic heterocycles. The first kappa shape index (κ1) is 13.5. The number of carbonyl (C=O) groups excluding carboxylic acids is 2. The van der Waals surface area contributed by atoms with Gasteiger partial charge < -0.3 is 9.47 Å². The lowest BCUT2D eigenvalue weighted by molar-refractivity contribution is -0.139. The summed E-state index contributed by atoms with van der Waals surface area (Å²) >= 11 is 0. The maximum Gasteiger partial charge on any atom is 0.413 e. The Morgan fingerprint density at radius 1 is 1.47 bits per heavy atom. The molecule has 0 bridgehead atoms. The minimum Gasteiger partial charge on any atom is -0.444 e. The van der Waals surface area contributed by atoms with E-state index in [1.807, 2.05) is 13.0 Å². The molecule has 1 aliphatic rings. The van der Waals surface area contributed by atoms with Crippen LogP contribution in [0.4, 0.5) is 4.79 Å². The summed E-state index contributed by atoms with van der Waals surface area (Å²) in [6.45, 7) is 8.10. The Bertz CT molecular complexity index is 330. The zero-order valence-corrected chi connectivity index (χ0v) is 10.7. The van der Waals surface area contributed by atoms with Crippen LogP contribution in [0.5, 0.6) is 0 Å². The van der Waals surface area contributed by atoms with Crippen molar-refractivity contribution in [2.75, 3.05) is 6.54 Å². The van der Waals surface area contributed by atoms with E-state index in [-0.39, 0.29) is 0 Å². The molecule has 0 aromatic carbocycles. The highest BCUT2D eigenvalue weighted by molar-refractivity contribution is 5.69. The molecule has 5 heteroatoms. The van der Waals surface area contributed by atoms with Crippen molar-refractivity contribution in [3.8, 4) is 0 Å². The number of likely N-dealkylation sites (tertiary alicyclic amines) is 1. The molecule has 1 rings (SSSR count). The van der Waals surface area contributed by atoms with Crippen LogP contribution in [-0.2, 0) is 14.3 Å². The molecule has 0 unspecified atom stereocenters. The van der Waals surface area contributed by atoms with E-state index in [1.165, 1.54) is 4.90 Å². The second kappa shape index (κ2) is 5.21. The van der Waals surface area contributed by atoms with Crippen LogP contribution in [0.2, 0.25) is 0 Å². The summed E-state index contributed by atoms with van der Waals surface area (Å²) in [7, 11) is 0. The van der Waals surface area contributed by atoms with Crippen LogP contribution in [0.3, 0.4) is 0 Å².